The van der Waals surface area contributed by atoms with E-state index in [1.54, 1.807) is 0 Å². The molecular formula is C19H31. The van der Waals surface area contributed by atoms with Gasteiger partial charge in [-0.25, -0.2) is 0 Å². The zero-order valence-corrected chi connectivity index (χ0v) is 12.8. The molecule has 1 aromatic rings. The molecule has 19 heavy (non-hydrogen) atoms. The molecule has 0 aliphatic rings. The Balaban J connectivity index is 2.16. The number of unbranched alkanes of at least 4 members (excludes halogenated alkanes) is 7. The fourth-order valence-electron chi connectivity index (χ4n) is 2.49. The van der Waals surface area contributed by atoms with E-state index in [1.807, 2.05) is 0 Å². The van der Waals surface area contributed by atoms with E-state index in [-0.39, 0.29) is 0 Å². The molecule has 0 heterocycles. The summed E-state index contributed by atoms with van der Waals surface area (Å²) in [6, 6.07) is 9.32. The predicted octanol–water partition coefficient (Wildman–Crippen LogP) is 6.14. The molecule has 0 spiro atoms. The molecule has 0 aliphatic heterocycles. The van der Waals surface area contributed by atoms with Crippen LogP contribution in [0.3, 0.4) is 0 Å². The SMILES string of the molecule is [CH2]CCCCCCc1ccc(CCCCCC)cc1. The normalized spacial score (nSPS) is 10.8. The molecule has 1 aromatic carbocycles. The standard InChI is InChI=1S/C19H31/c1-3-5-7-9-11-13-19-16-14-18(15-17-19)12-10-8-6-4-2/h14-17H,1,3-13H2,2H3. The van der Waals surface area contributed by atoms with Crippen molar-refractivity contribution in [3.8, 4) is 0 Å². The van der Waals surface area contributed by atoms with Crippen LogP contribution >= 0.6 is 0 Å². The molecule has 0 heteroatoms. The fourth-order valence-corrected chi connectivity index (χ4v) is 2.49. The van der Waals surface area contributed by atoms with Crippen molar-refractivity contribution in [3.63, 3.8) is 0 Å². The van der Waals surface area contributed by atoms with Gasteiger partial charge in [-0.15, -0.1) is 0 Å². The third-order valence-corrected chi connectivity index (χ3v) is 3.81. The first kappa shape index (κ1) is 16.3. The Labute approximate surface area is 120 Å². The second-order valence-corrected chi connectivity index (χ2v) is 5.64. The van der Waals surface area contributed by atoms with Crippen LogP contribution in [0, 0.1) is 6.92 Å². The van der Waals surface area contributed by atoms with Crippen LogP contribution in [0.2, 0.25) is 0 Å². The van der Waals surface area contributed by atoms with Crippen molar-refractivity contribution in [2.45, 2.75) is 77.6 Å². The van der Waals surface area contributed by atoms with E-state index in [1.165, 1.54) is 75.3 Å². The number of benzene rings is 1. The zero-order chi connectivity index (χ0) is 13.8. The lowest BCUT2D eigenvalue weighted by atomic mass is 10.0. The molecule has 0 saturated carbocycles. The van der Waals surface area contributed by atoms with Crippen LogP contribution in [0.5, 0.6) is 0 Å². The van der Waals surface area contributed by atoms with E-state index >= 15 is 0 Å². The average Bonchev–Trinajstić information content (AvgIpc) is 2.45. The molecule has 0 unspecified atom stereocenters. The summed E-state index contributed by atoms with van der Waals surface area (Å²) < 4.78 is 0. The number of rotatable bonds is 11. The Bertz CT molecular complexity index is 296. The Morgan fingerprint density at radius 3 is 1.63 bits per heavy atom. The van der Waals surface area contributed by atoms with E-state index in [0.29, 0.717) is 0 Å². The van der Waals surface area contributed by atoms with E-state index in [0.717, 1.165) is 6.42 Å². The highest BCUT2D eigenvalue weighted by atomic mass is 14.0. The van der Waals surface area contributed by atoms with Crippen LogP contribution in [0.1, 0.15) is 75.8 Å². The van der Waals surface area contributed by atoms with Gasteiger partial charge in [0, 0.05) is 0 Å². The van der Waals surface area contributed by atoms with Gasteiger partial charge in [-0.3, -0.25) is 0 Å². The molecule has 1 rings (SSSR count). The summed E-state index contributed by atoms with van der Waals surface area (Å²) in [7, 11) is 0. The van der Waals surface area contributed by atoms with E-state index < -0.39 is 0 Å². The number of aryl methyl sites for hydroxylation is 2. The largest absolute Gasteiger partial charge is 0.0654 e. The minimum Gasteiger partial charge on any atom is -0.0654 e. The maximum Gasteiger partial charge on any atom is -0.0279 e. The van der Waals surface area contributed by atoms with E-state index in [9.17, 15) is 0 Å². The summed E-state index contributed by atoms with van der Waals surface area (Å²) in [5, 5.41) is 0. The number of hydrogen-bond donors (Lipinski definition) is 0. The third-order valence-electron chi connectivity index (χ3n) is 3.81. The molecule has 0 N–H and O–H groups in total. The molecule has 0 fully saturated rings. The summed E-state index contributed by atoms with van der Waals surface area (Å²) in [5.74, 6) is 0. The molecule has 1 radical (unpaired) electrons. The molecule has 0 amide bonds. The van der Waals surface area contributed by atoms with E-state index in [4.69, 9.17) is 0 Å². The summed E-state index contributed by atoms with van der Waals surface area (Å²) in [5.41, 5.74) is 3.02. The van der Waals surface area contributed by atoms with Gasteiger partial charge in [0.05, 0.1) is 0 Å². The average molecular weight is 259 g/mol. The highest BCUT2D eigenvalue weighted by molar-refractivity contribution is 5.22. The first-order valence-corrected chi connectivity index (χ1v) is 8.24. The monoisotopic (exact) mass is 259 g/mol. The molecule has 0 atom stereocenters. The Morgan fingerprint density at radius 1 is 0.684 bits per heavy atom. The van der Waals surface area contributed by atoms with Crippen LogP contribution in [0.4, 0.5) is 0 Å². The number of hydrogen-bond acceptors (Lipinski definition) is 0. The van der Waals surface area contributed by atoms with Gasteiger partial charge in [-0.2, -0.15) is 0 Å². The van der Waals surface area contributed by atoms with Crippen molar-refractivity contribution in [3.05, 3.63) is 42.3 Å². The fraction of sp³-hybridized carbons (Fsp3) is 0.632. The second-order valence-electron chi connectivity index (χ2n) is 5.64. The molecular weight excluding hydrogens is 228 g/mol. The molecule has 0 saturated heterocycles. The lowest BCUT2D eigenvalue weighted by molar-refractivity contribution is 0.645. The van der Waals surface area contributed by atoms with Crippen LogP contribution in [-0.4, -0.2) is 0 Å². The van der Waals surface area contributed by atoms with Gasteiger partial charge in [-0.1, -0.05) is 83.1 Å². The Hall–Kier alpha value is -0.780. The van der Waals surface area contributed by atoms with Gasteiger partial charge in [-0.05, 0) is 36.8 Å². The second kappa shape index (κ2) is 11.1. The maximum atomic E-state index is 3.89. The summed E-state index contributed by atoms with van der Waals surface area (Å²) in [6.07, 6.45) is 14.3. The summed E-state index contributed by atoms with van der Waals surface area (Å²) in [4.78, 5) is 0. The van der Waals surface area contributed by atoms with Gasteiger partial charge < -0.3 is 0 Å². The summed E-state index contributed by atoms with van der Waals surface area (Å²) in [6.45, 7) is 6.16. The molecule has 0 aromatic heterocycles. The first-order chi connectivity index (χ1) is 9.36. The topological polar surface area (TPSA) is 0 Å². The lowest BCUT2D eigenvalue weighted by Crippen LogP contribution is -1.89. The van der Waals surface area contributed by atoms with Crippen LogP contribution in [0.15, 0.2) is 24.3 Å². The van der Waals surface area contributed by atoms with Gasteiger partial charge >= 0.3 is 0 Å². The minimum atomic E-state index is 1.09. The Kier molecular flexibility index (Phi) is 9.49. The molecule has 0 nitrogen and oxygen atoms in total. The maximum absolute atomic E-state index is 3.89. The Morgan fingerprint density at radius 2 is 1.16 bits per heavy atom. The van der Waals surface area contributed by atoms with Gasteiger partial charge in [0.1, 0.15) is 0 Å². The van der Waals surface area contributed by atoms with Gasteiger partial charge in [0.2, 0.25) is 0 Å². The molecule has 0 aliphatic carbocycles. The van der Waals surface area contributed by atoms with Crippen molar-refractivity contribution < 1.29 is 0 Å². The van der Waals surface area contributed by atoms with Crippen LogP contribution in [-0.2, 0) is 12.8 Å². The highest BCUT2D eigenvalue weighted by Crippen LogP contribution is 2.12. The predicted molar refractivity (Wildman–Crippen MR) is 86.4 cm³/mol. The van der Waals surface area contributed by atoms with Crippen molar-refractivity contribution in [1.29, 1.82) is 0 Å². The van der Waals surface area contributed by atoms with Gasteiger partial charge in [0.25, 0.3) is 0 Å². The smallest absolute Gasteiger partial charge is 0.0279 e. The van der Waals surface area contributed by atoms with Crippen molar-refractivity contribution in [2.75, 3.05) is 0 Å². The lowest BCUT2D eigenvalue weighted by Gasteiger charge is -2.05. The first-order valence-electron chi connectivity index (χ1n) is 8.24. The highest BCUT2D eigenvalue weighted by Gasteiger charge is 1.96. The summed E-state index contributed by atoms with van der Waals surface area (Å²) >= 11 is 0. The van der Waals surface area contributed by atoms with Crippen LogP contribution < -0.4 is 0 Å². The zero-order valence-electron chi connectivity index (χ0n) is 12.8. The quantitative estimate of drug-likeness (QED) is 0.419. The molecule has 0 bridgehead atoms. The van der Waals surface area contributed by atoms with Crippen molar-refractivity contribution in [2.24, 2.45) is 0 Å². The van der Waals surface area contributed by atoms with Gasteiger partial charge in [0.15, 0.2) is 0 Å². The molecule has 107 valence electrons. The van der Waals surface area contributed by atoms with E-state index in [2.05, 4.69) is 38.1 Å². The van der Waals surface area contributed by atoms with Crippen molar-refractivity contribution >= 4 is 0 Å². The third kappa shape index (κ3) is 8.08. The van der Waals surface area contributed by atoms with Crippen LogP contribution in [0.25, 0.3) is 0 Å². The van der Waals surface area contributed by atoms with Crippen molar-refractivity contribution in [1.82, 2.24) is 0 Å². The minimum absolute atomic E-state index is 1.09.